The third-order valence-corrected chi connectivity index (χ3v) is 3.43. The maximum absolute atomic E-state index is 5.88. The Labute approximate surface area is 104 Å². The van der Waals surface area contributed by atoms with Crippen LogP contribution in [0.15, 0.2) is 24.5 Å². The molecule has 0 radical (unpaired) electrons. The maximum Gasteiger partial charge on any atom is 0.0931 e. The zero-order valence-electron chi connectivity index (χ0n) is 9.11. The van der Waals surface area contributed by atoms with E-state index < -0.39 is 0 Å². The molecular formula is C11H14ClN3S. The molecule has 0 amide bonds. The van der Waals surface area contributed by atoms with Crippen molar-refractivity contribution in [2.24, 2.45) is 0 Å². The summed E-state index contributed by atoms with van der Waals surface area (Å²) in [6.45, 7) is 4.75. The van der Waals surface area contributed by atoms with Crippen molar-refractivity contribution in [1.29, 1.82) is 0 Å². The van der Waals surface area contributed by atoms with Crippen molar-refractivity contribution in [3.63, 3.8) is 0 Å². The molecule has 5 heteroatoms. The van der Waals surface area contributed by atoms with Crippen molar-refractivity contribution in [3.8, 4) is 0 Å². The quantitative estimate of drug-likeness (QED) is 0.891. The molecule has 0 aromatic carbocycles. The number of hydrogen-bond acceptors (Lipinski definition) is 3. The standard InChI is InChI=1S/C11H14ClN3S/c1-2-13-5-9-6-14-15(7-9)8-10-3-4-11(12)16-10/h3-4,6-7,13H,2,5,8H2,1H3. The van der Waals surface area contributed by atoms with Crippen LogP contribution in [0.25, 0.3) is 0 Å². The highest BCUT2D eigenvalue weighted by Crippen LogP contribution is 2.21. The van der Waals surface area contributed by atoms with Gasteiger partial charge in [-0.2, -0.15) is 5.10 Å². The number of nitrogens with zero attached hydrogens (tertiary/aromatic N) is 2. The largest absolute Gasteiger partial charge is 0.313 e. The first-order valence-corrected chi connectivity index (χ1v) is 6.43. The molecule has 0 saturated heterocycles. The molecule has 0 aliphatic carbocycles. The number of nitrogens with one attached hydrogen (secondary N) is 1. The van der Waals surface area contributed by atoms with Gasteiger partial charge in [-0.15, -0.1) is 11.3 Å². The Morgan fingerprint density at radius 3 is 3.06 bits per heavy atom. The van der Waals surface area contributed by atoms with Crippen molar-refractivity contribution in [3.05, 3.63) is 39.3 Å². The SMILES string of the molecule is CCNCc1cnn(Cc2ccc(Cl)s2)c1. The molecule has 0 spiro atoms. The van der Waals surface area contributed by atoms with Gasteiger partial charge in [-0.25, -0.2) is 0 Å². The van der Waals surface area contributed by atoms with Gasteiger partial charge in [-0.3, -0.25) is 4.68 Å². The summed E-state index contributed by atoms with van der Waals surface area (Å²) in [5, 5.41) is 7.59. The van der Waals surface area contributed by atoms with E-state index in [1.165, 1.54) is 10.4 Å². The zero-order chi connectivity index (χ0) is 11.4. The second-order valence-electron chi connectivity index (χ2n) is 3.53. The summed E-state index contributed by atoms with van der Waals surface area (Å²) in [6, 6.07) is 3.96. The van der Waals surface area contributed by atoms with Crippen LogP contribution in [0.2, 0.25) is 4.34 Å². The molecule has 0 aliphatic rings. The average Bonchev–Trinajstić information content (AvgIpc) is 2.86. The zero-order valence-corrected chi connectivity index (χ0v) is 10.7. The summed E-state index contributed by atoms with van der Waals surface area (Å²) in [4.78, 5) is 1.23. The Morgan fingerprint density at radius 2 is 2.38 bits per heavy atom. The van der Waals surface area contributed by atoms with E-state index in [0.717, 1.165) is 24.0 Å². The van der Waals surface area contributed by atoms with Gasteiger partial charge in [0.15, 0.2) is 0 Å². The van der Waals surface area contributed by atoms with E-state index >= 15 is 0 Å². The van der Waals surface area contributed by atoms with Crippen LogP contribution in [-0.2, 0) is 13.1 Å². The van der Waals surface area contributed by atoms with Gasteiger partial charge in [0.25, 0.3) is 0 Å². The molecule has 2 aromatic heterocycles. The van der Waals surface area contributed by atoms with Crippen LogP contribution in [0.4, 0.5) is 0 Å². The Kier molecular flexibility index (Phi) is 3.98. The highest BCUT2D eigenvalue weighted by molar-refractivity contribution is 7.16. The number of rotatable bonds is 5. The predicted molar refractivity (Wildman–Crippen MR) is 68.0 cm³/mol. The summed E-state index contributed by atoms with van der Waals surface area (Å²) in [7, 11) is 0. The third-order valence-electron chi connectivity index (χ3n) is 2.21. The van der Waals surface area contributed by atoms with Crippen LogP contribution in [0.3, 0.4) is 0 Å². The van der Waals surface area contributed by atoms with Crippen LogP contribution in [-0.4, -0.2) is 16.3 Å². The highest BCUT2D eigenvalue weighted by Gasteiger charge is 2.01. The van der Waals surface area contributed by atoms with Gasteiger partial charge in [0.2, 0.25) is 0 Å². The fourth-order valence-electron chi connectivity index (χ4n) is 1.45. The lowest BCUT2D eigenvalue weighted by Crippen LogP contribution is -2.11. The summed E-state index contributed by atoms with van der Waals surface area (Å²) < 4.78 is 2.77. The minimum atomic E-state index is 0.795. The molecule has 2 aromatic rings. The number of hydrogen-bond donors (Lipinski definition) is 1. The molecular weight excluding hydrogens is 242 g/mol. The first-order valence-electron chi connectivity index (χ1n) is 5.24. The molecule has 0 saturated carbocycles. The minimum absolute atomic E-state index is 0.795. The molecule has 16 heavy (non-hydrogen) atoms. The van der Waals surface area contributed by atoms with Crippen molar-refractivity contribution in [2.75, 3.05) is 6.54 Å². The Morgan fingerprint density at radius 1 is 1.50 bits per heavy atom. The summed E-state index contributed by atoms with van der Waals surface area (Å²) >= 11 is 7.48. The lowest BCUT2D eigenvalue weighted by Gasteiger charge is -1.98. The highest BCUT2D eigenvalue weighted by atomic mass is 35.5. The van der Waals surface area contributed by atoms with Gasteiger partial charge < -0.3 is 5.32 Å². The van der Waals surface area contributed by atoms with Crippen LogP contribution in [0, 0.1) is 0 Å². The number of aromatic nitrogens is 2. The van der Waals surface area contributed by atoms with Crippen molar-refractivity contribution < 1.29 is 0 Å². The Balaban J connectivity index is 1.97. The number of thiophene rings is 1. The van der Waals surface area contributed by atoms with Crippen LogP contribution in [0.1, 0.15) is 17.4 Å². The van der Waals surface area contributed by atoms with Crippen LogP contribution >= 0.6 is 22.9 Å². The molecule has 3 nitrogen and oxygen atoms in total. The molecule has 1 N–H and O–H groups in total. The van der Waals surface area contributed by atoms with E-state index in [9.17, 15) is 0 Å². The normalized spacial score (nSPS) is 10.9. The fraction of sp³-hybridized carbons (Fsp3) is 0.364. The number of halogens is 1. The molecule has 0 bridgehead atoms. The second-order valence-corrected chi connectivity index (χ2v) is 5.33. The second kappa shape index (κ2) is 5.48. The van der Waals surface area contributed by atoms with Crippen LogP contribution < -0.4 is 5.32 Å². The van der Waals surface area contributed by atoms with Gasteiger partial charge in [0.05, 0.1) is 17.1 Å². The topological polar surface area (TPSA) is 29.9 Å². The van der Waals surface area contributed by atoms with E-state index in [1.807, 2.05) is 23.0 Å². The van der Waals surface area contributed by atoms with E-state index in [1.54, 1.807) is 11.3 Å². The van der Waals surface area contributed by atoms with Crippen molar-refractivity contribution >= 4 is 22.9 Å². The van der Waals surface area contributed by atoms with E-state index in [-0.39, 0.29) is 0 Å². The lowest BCUT2D eigenvalue weighted by atomic mass is 10.3. The molecule has 2 rings (SSSR count). The van der Waals surface area contributed by atoms with Gasteiger partial charge in [-0.05, 0) is 18.7 Å². The summed E-state index contributed by atoms with van der Waals surface area (Å²) in [5.41, 5.74) is 1.21. The maximum atomic E-state index is 5.88. The first-order chi connectivity index (χ1) is 7.78. The van der Waals surface area contributed by atoms with Gasteiger partial charge in [0.1, 0.15) is 0 Å². The van der Waals surface area contributed by atoms with E-state index in [4.69, 9.17) is 11.6 Å². The van der Waals surface area contributed by atoms with Crippen molar-refractivity contribution in [1.82, 2.24) is 15.1 Å². The molecule has 0 atom stereocenters. The monoisotopic (exact) mass is 255 g/mol. The minimum Gasteiger partial charge on any atom is -0.313 e. The molecule has 0 unspecified atom stereocenters. The van der Waals surface area contributed by atoms with Gasteiger partial charge in [-0.1, -0.05) is 18.5 Å². The lowest BCUT2D eigenvalue weighted by molar-refractivity contribution is 0.690. The Bertz CT molecular complexity index is 450. The first kappa shape index (κ1) is 11.6. The van der Waals surface area contributed by atoms with Gasteiger partial charge in [0, 0.05) is 23.2 Å². The summed E-state index contributed by atoms with van der Waals surface area (Å²) in [5.74, 6) is 0. The molecule has 86 valence electrons. The molecule has 0 aliphatic heterocycles. The predicted octanol–water partition coefficient (Wildman–Crippen LogP) is 2.76. The van der Waals surface area contributed by atoms with E-state index in [2.05, 4.69) is 23.5 Å². The third kappa shape index (κ3) is 3.07. The van der Waals surface area contributed by atoms with Crippen molar-refractivity contribution in [2.45, 2.75) is 20.0 Å². The van der Waals surface area contributed by atoms with Crippen LogP contribution in [0.5, 0.6) is 0 Å². The summed E-state index contributed by atoms with van der Waals surface area (Å²) in [6.07, 6.45) is 3.97. The smallest absolute Gasteiger partial charge is 0.0931 e. The van der Waals surface area contributed by atoms with E-state index in [0.29, 0.717) is 0 Å². The van der Waals surface area contributed by atoms with Gasteiger partial charge >= 0.3 is 0 Å². The fourth-order valence-corrected chi connectivity index (χ4v) is 2.53. The average molecular weight is 256 g/mol. The molecule has 0 fully saturated rings. The molecule has 2 heterocycles. The Hall–Kier alpha value is -0.840.